The minimum atomic E-state index is -0.163. The topological polar surface area (TPSA) is 21.3 Å². The van der Waals surface area contributed by atoms with E-state index in [1.165, 1.54) is 25.3 Å². The predicted molar refractivity (Wildman–Crippen MR) is 69.4 cm³/mol. The van der Waals surface area contributed by atoms with Gasteiger partial charge in [0.05, 0.1) is 6.10 Å². The number of hydrogen-bond donors (Lipinski definition) is 1. The first-order chi connectivity index (χ1) is 8.81. The lowest BCUT2D eigenvalue weighted by atomic mass is 9.96. The van der Waals surface area contributed by atoms with Crippen molar-refractivity contribution in [1.82, 2.24) is 5.32 Å². The molecule has 18 heavy (non-hydrogen) atoms. The van der Waals surface area contributed by atoms with Crippen molar-refractivity contribution in [3.63, 3.8) is 0 Å². The molecule has 1 aromatic carbocycles. The van der Waals surface area contributed by atoms with Crippen LogP contribution in [-0.2, 0) is 6.42 Å². The summed E-state index contributed by atoms with van der Waals surface area (Å²) >= 11 is 0. The van der Waals surface area contributed by atoms with Crippen molar-refractivity contribution in [2.45, 2.75) is 50.7 Å². The largest absolute Gasteiger partial charge is 0.490 e. The van der Waals surface area contributed by atoms with Crippen LogP contribution >= 0.6 is 0 Å². The zero-order valence-electron chi connectivity index (χ0n) is 10.6. The summed E-state index contributed by atoms with van der Waals surface area (Å²) in [6.45, 7) is 1.08. The van der Waals surface area contributed by atoms with Crippen LogP contribution in [0.4, 0.5) is 4.39 Å². The van der Waals surface area contributed by atoms with E-state index in [-0.39, 0.29) is 5.82 Å². The number of halogens is 1. The standard InChI is InChI=1S/C15H20FNO/c16-12-6-7-15(18-14-4-1-5-14)11(9-12)10-13-3-2-8-17-13/h6-7,9,13-14,17H,1-5,8,10H2. The smallest absolute Gasteiger partial charge is 0.123 e. The normalized spacial score (nSPS) is 23.9. The van der Waals surface area contributed by atoms with Gasteiger partial charge in [0.1, 0.15) is 11.6 Å². The Morgan fingerprint density at radius 1 is 1.22 bits per heavy atom. The molecule has 1 aliphatic carbocycles. The van der Waals surface area contributed by atoms with Gasteiger partial charge in [0.25, 0.3) is 0 Å². The minimum Gasteiger partial charge on any atom is -0.490 e. The van der Waals surface area contributed by atoms with Gasteiger partial charge in [0.15, 0.2) is 0 Å². The fourth-order valence-electron chi connectivity index (χ4n) is 2.69. The van der Waals surface area contributed by atoms with Crippen LogP contribution in [0, 0.1) is 5.82 Å². The first-order valence-corrected chi connectivity index (χ1v) is 7.00. The molecular weight excluding hydrogens is 229 g/mol. The minimum absolute atomic E-state index is 0.163. The third kappa shape index (κ3) is 2.66. The second-order valence-corrected chi connectivity index (χ2v) is 5.42. The summed E-state index contributed by atoms with van der Waals surface area (Å²) in [7, 11) is 0. The molecule has 0 aromatic heterocycles. The third-order valence-corrected chi connectivity index (χ3v) is 4.00. The molecule has 1 atom stereocenters. The molecule has 2 nitrogen and oxygen atoms in total. The van der Waals surface area contributed by atoms with E-state index in [1.54, 1.807) is 12.1 Å². The van der Waals surface area contributed by atoms with Gasteiger partial charge in [0.2, 0.25) is 0 Å². The van der Waals surface area contributed by atoms with E-state index in [1.807, 2.05) is 0 Å². The maximum absolute atomic E-state index is 13.4. The molecule has 0 radical (unpaired) electrons. The van der Waals surface area contributed by atoms with Crippen LogP contribution in [0.15, 0.2) is 18.2 Å². The van der Waals surface area contributed by atoms with Crippen LogP contribution in [-0.4, -0.2) is 18.7 Å². The van der Waals surface area contributed by atoms with Crippen molar-refractivity contribution < 1.29 is 9.13 Å². The van der Waals surface area contributed by atoms with Crippen molar-refractivity contribution in [2.24, 2.45) is 0 Å². The molecule has 1 aromatic rings. The van der Waals surface area contributed by atoms with Crippen LogP contribution in [0.5, 0.6) is 5.75 Å². The third-order valence-electron chi connectivity index (χ3n) is 4.00. The Labute approximate surface area is 108 Å². The van der Waals surface area contributed by atoms with Crippen molar-refractivity contribution in [2.75, 3.05) is 6.54 Å². The van der Waals surface area contributed by atoms with Crippen LogP contribution in [0.3, 0.4) is 0 Å². The van der Waals surface area contributed by atoms with Crippen molar-refractivity contribution in [3.05, 3.63) is 29.6 Å². The highest BCUT2D eigenvalue weighted by Crippen LogP contribution is 2.29. The van der Waals surface area contributed by atoms with E-state index in [2.05, 4.69) is 5.32 Å². The molecule has 3 heteroatoms. The van der Waals surface area contributed by atoms with Gasteiger partial charge in [-0.1, -0.05) is 0 Å². The van der Waals surface area contributed by atoms with Crippen molar-refractivity contribution >= 4 is 0 Å². The van der Waals surface area contributed by atoms with Gasteiger partial charge in [0, 0.05) is 6.04 Å². The van der Waals surface area contributed by atoms with Crippen molar-refractivity contribution in [1.29, 1.82) is 0 Å². The predicted octanol–water partition coefficient (Wildman–Crippen LogP) is 3.05. The highest BCUT2D eigenvalue weighted by Gasteiger charge is 2.22. The first-order valence-electron chi connectivity index (χ1n) is 7.00. The van der Waals surface area contributed by atoms with E-state index in [0.717, 1.165) is 37.1 Å². The number of ether oxygens (including phenoxy) is 1. The Kier molecular flexibility index (Phi) is 3.50. The fourth-order valence-corrected chi connectivity index (χ4v) is 2.69. The van der Waals surface area contributed by atoms with Gasteiger partial charge in [-0.2, -0.15) is 0 Å². The summed E-state index contributed by atoms with van der Waals surface area (Å²) in [5.41, 5.74) is 1.02. The SMILES string of the molecule is Fc1ccc(OC2CCC2)c(CC2CCCN2)c1. The molecule has 0 amide bonds. The maximum Gasteiger partial charge on any atom is 0.123 e. The molecule has 1 saturated carbocycles. The molecule has 1 unspecified atom stereocenters. The van der Waals surface area contributed by atoms with E-state index >= 15 is 0 Å². The Morgan fingerprint density at radius 2 is 2.11 bits per heavy atom. The van der Waals surface area contributed by atoms with E-state index in [4.69, 9.17) is 4.74 Å². The van der Waals surface area contributed by atoms with Crippen molar-refractivity contribution in [3.8, 4) is 5.75 Å². The summed E-state index contributed by atoms with van der Waals surface area (Å²) in [6, 6.07) is 5.40. The Hall–Kier alpha value is -1.09. The monoisotopic (exact) mass is 249 g/mol. The van der Waals surface area contributed by atoms with E-state index in [9.17, 15) is 4.39 Å². The average Bonchev–Trinajstić information content (AvgIpc) is 2.78. The number of hydrogen-bond acceptors (Lipinski definition) is 2. The van der Waals surface area contributed by atoms with Gasteiger partial charge in [-0.25, -0.2) is 4.39 Å². The summed E-state index contributed by atoms with van der Waals surface area (Å²) < 4.78 is 19.3. The maximum atomic E-state index is 13.4. The van der Waals surface area contributed by atoms with E-state index in [0.29, 0.717) is 12.1 Å². The zero-order chi connectivity index (χ0) is 12.4. The summed E-state index contributed by atoms with van der Waals surface area (Å²) in [6.07, 6.45) is 7.16. The molecule has 1 aliphatic heterocycles. The molecular formula is C15H20FNO. The molecule has 2 aliphatic rings. The number of benzene rings is 1. The second kappa shape index (κ2) is 5.27. The second-order valence-electron chi connectivity index (χ2n) is 5.42. The van der Waals surface area contributed by atoms with Gasteiger partial charge in [-0.3, -0.25) is 0 Å². The lowest BCUT2D eigenvalue weighted by Crippen LogP contribution is -2.27. The highest BCUT2D eigenvalue weighted by atomic mass is 19.1. The van der Waals surface area contributed by atoms with Gasteiger partial charge < -0.3 is 10.1 Å². The highest BCUT2D eigenvalue weighted by molar-refractivity contribution is 5.35. The van der Waals surface area contributed by atoms with Gasteiger partial charge in [-0.05, 0) is 68.8 Å². The summed E-state index contributed by atoms with van der Waals surface area (Å²) in [4.78, 5) is 0. The Bertz CT molecular complexity index is 411. The summed E-state index contributed by atoms with van der Waals surface area (Å²) in [5, 5.41) is 3.46. The fraction of sp³-hybridized carbons (Fsp3) is 0.600. The molecule has 2 fully saturated rings. The van der Waals surface area contributed by atoms with Crippen LogP contribution in [0.25, 0.3) is 0 Å². The quantitative estimate of drug-likeness (QED) is 0.885. The first kappa shape index (κ1) is 12.0. The molecule has 3 rings (SSSR count). The molecule has 1 N–H and O–H groups in total. The Balaban J connectivity index is 1.73. The lowest BCUT2D eigenvalue weighted by molar-refractivity contribution is 0.118. The summed E-state index contributed by atoms with van der Waals surface area (Å²) in [5.74, 6) is 0.721. The van der Waals surface area contributed by atoms with Gasteiger partial charge in [-0.15, -0.1) is 0 Å². The molecule has 0 bridgehead atoms. The van der Waals surface area contributed by atoms with Crippen LogP contribution in [0.1, 0.15) is 37.7 Å². The lowest BCUT2D eigenvalue weighted by Gasteiger charge is -2.28. The molecule has 1 heterocycles. The molecule has 1 saturated heterocycles. The Morgan fingerprint density at radius 3 is 2.78 bits per heavy atom. The van der Waals surface area contributed by atoms with Crippen LogP contribution < -0.4 is 10.1 Å². The zero-order valence-corrected chi connectivity index (χ0v) is 10.6. The van der Waals surface area contributed by atoms with Gasteiger partial charge >= 0.3 is 0 Å². The van der Waals surface area contributed by atoms with Crippen LogP contribution in [0.2, 0.25) is 0 Å². The average molecular weight is 249 g/mol. The number of nitrogens with one attached hydrogen (secondary N) is 1. The van der Waals surface area contributed by atoms with E-state index < -0.39 is 0 Å². The number of rotatable bonds is 4. The molecule has 98 valence electrons. The molecule has 0 spiro atoms.